The molecular formula is C63H50S. The molecule has 0 spiro atoms. The van der Waals surface area contributed by atoms with Crippen LogP contribution >= 0.6 is 11.3 Å². The van der Waals surface area contributed by atoms with Gasteiger partial charge in [0.25, 0.3) is 0 Å². The Kier molecular flexibility index (Phi) is 9.09. The van der Waals surface area contributed by atoms with Crippen molar-refractivity contribution in [2.24, 2.45) is 5.92 Å². The van der Waals surface area contributed by atoms with Gasteiger partial charge in [0.05, 0.1) is 0 Å². The minimum Gasteiger partial charge on any atom is -0.135 e. The van der Waals surface area contributed by atoms with Crippen molar-refractivity contribution in [3.05, 3.63) is 192 Å². The Morgan fingerprint density at radius 2 is 1.11 bits per heavy atom. The number of allylic oxidation sites excluding steroid dienone is 5. The van der Waals surface area contributed by atoms with Crippen molar-refractivity contribution in [3.8, 4) is 33.4 Å². The van der Waals surface area contributed by atoms with E-state index < -0.39 is 0 Å². The average Bonchev–Trinajstić information content (AvgIpc) is 3.73. The van der Waals surface area contributed by atoms with E-state index in [1.54, 1.807) is 11.1 Å². The first-order valence-electron chi connectivity index (χ1n) is 23.7. The molecule has 308 valence electrons. The molecule has 0 aliphatic heterocycles. The van der Waals surface area contributed by atoms with Crippen molar-refractivity contribution in [2.45, 2.75) is 64.2 Å². The fourth-order valence-electron chi connectivity index (χ4n) is 12.3. The van der Waals surface area contributed by atoms with Crippen LogP contribution < -0.4 is 0 Å². The van der Waals surface area contributed by atoms with Gasteiger partial charge in [0.1, 0.15) is 0 Å². The SMILES string of the molecule is CC1C=C(c2ccc(-c3c4ccccc4c(-c4cccc5sc6cc(-c7c8c(c(C9CCCCC9)c9ccccc79)CCC=C8)ccc6c45)c4ccccc34)c3ccccc23)C=CC1. The second-order valence-electron chi connectivity index (χ2n) is 18.8. The van der Waals surface area contributed by atoms with Gasteiger partial charge in [-0.05, 0) is 160 Å². The Balaban J connectivity index is 1.02. The van der Waals surface area contributed by atoms with E-state index in [-0.39, 0.29) is 0 Å². The summed E-state index contributed by atoms with van der Waals surface area (Å²) < 4.78 is 2.69. The highest BCUT2D eigenvalue weighted by Crippen LogP contribution is 2.51. The molecule has 1 saturated carbocycles. The number of hydrogen-bond acceptors (Lipinski definition) is 1. The fourth-order valence-corrected chi connectivity index (χ4v) is 13.4. The molecule has 1 atom stereocenters. The van der Waals surface area contributed by atoms with E-state index in [2.05, 4.69) is 183 Å². The van der Waals surface area contributed by atoms with Crippen LogP contribution in [-0.4, -0.2) is 0 Å². The summed E-state index contributed by atoms with van der Waals surface area (Å²) in [7, 11) is 0. The average molecular weight is 839 g/mol. The Labute approximate surface area is 379 Å². The summed E-state index contributed by atoms with van der Waals surface area (Å²) in [5, 5.41) is 13.4. The quantitative estimate of drug-likeness (QED) is 0.152. The Hall–Kier alpha value is -6.54. The van der Waals surface area contributed by atoms with Crippen LogP contribution in [0.3, 0.4) is 0 Å². The third-order valence-corrected chi connectivity index (χ3v) is 16.1. The number of fused-ring (bicyclic) bond motifs is 8. The largest absolute Gasteiger partial charge is 0.135 e. The lowest BCUT2D eigenvalue weighted by Gasteiger charge is -2.30. The zero-order valence-electron chi connectivity index (χ0n) is 36.5. The first-order valence-corrected chi connectivity index (χ1v) is 24.6. The highest BCUT2D eigenvalue weighted by molar-refractivity contribution is 7.26. The summed E-state index contributed by atoms with van der Waals surface area (Å²) in [5.74, 6) is 1.21. The van der Waals surface area contributed by atoms with Crippen molar-refractivity contribution >= 4 is 86.2 Å². The fraction of sp³-hybridized carbons (Fsp3) is 0.175. The molecular weight excluding hydrogens is 789 g/mol. The van der Waals surface area contributed by atoms with E-state index in [0.29, 0.717) is 11.8 Å². The lowest BCUT2D eigenvalue weighted by molar-refractivity contribution is 0.443. The van der Waals surface area contributed by atoms with Gasteiger partial charge in [-0.2, -0.15) is 0 Å². The summed E-state index contributed by atoms with van der Waals surface area (Å²) in [5.41, 5.74) is 15.3. The minimum atomic E-state index is 0.539. The van der Waals surface area contributed by atoms with Gasteiger partial charge in [0.2, 0.25) is 0 Å². The van der Waals surface area contributed by atoms with Gasteiger partial charge in [-0.15, -0.1) is 11.3 Å². The first kappa shape index (κ1) is 38.0. The molecule has 64 heavy (non-hydrogen) atoms. The van der Waals surface area contributed by atoms with Crippen LogP contribution in [0.5, 0.6) is 0 Å². The van der Waals surface area contributed by atoms with Crippen LogP contribution in [-0.2, 0) is 6.42 Å². The molecule has 1 heterocycles. The summed E-state index contributed by atoms with van der Waals surface area (Å²) in [6, 6.07) is 55.9. The van der Waals surface area contributed by atoms with Gasteiger partial charge in [-0.25, -0.2) is 0 Å². The molecule has 3 aliphatic carbocycles. The van der Waals surface area contributed by atoms with Crippen LogP contribution in [0.1, 0.15) is 80.0 Å². The zero-order valence-corrected chi connectivity index (χ0v) is 37.3. The van der Waals surface area contributed by atoms with Crippen molar-refractivity contribution in [2.75, 3.05) is 0 Å². The summed E-state index contributed by atoms with van der Waals surface area (Å²) >= 11 is 1.95. The second-order valence-corrected chi connectivity index (χ2v) is 19.9. The van der Waals surface area contributed by atoms with E-state index >= 15 is 0 Å². The number of benzene rings is 9. The van der Waals surface area contributed by atoms with Crippen molar-refractivity contribution in [1.82, 2.24) is 0 Å². The van der Waals surface area contributed by atoms with E-state index in [1.807, 2.05) is 11.3 Å². The normalized spacial score (nSPS) is 16.7. The van der Waals surface area contributed by atoms with Crippen LogP contribution in [0.2, 0.25) is 0 Å². The third-order valence-electron chi connectivity index (χ3n) is 15.0. The Bertz CT molecular complexity index is 3580. The topological polar surface area (TPSA) is 0 Å². The molecule has 3 aliphatic rings. The van der Waals surface area contributed by atoms with Crippen molar-refractivity contribution in [1.29, 1.82) is 0 Å². The molecule has 0 radical (unpaired) electrons. The Morgan fingerprint density at radius 1 is 0.484 bits per heavy atom. The highest BCUT2D eigenvalue weighted by Gasteiger charge is 2.27. The van der Waals surface area contributed by atoms with Crippen LogP contribution in [0, 0.1) is 5.92 Å². The molecule has 1 heteroatoms. The Morgan fingerprint density at radius 3 is 1.81 bits per heavy atom. The minimum absolute atomic E-state index is 0.539. The molecule has 1 aromatic heterocycles. The van der Waals surface area contributed by atoms with E-state index in [9.17, 15) is 0 Å². The maximum absolute atomic E-state index is 2.52. The standard InChI is InChI=1S/C63H50S/c1-39-17-15-20-41(37-39)43-35-36-54(45-22-6-5-21-44(43)45)61-50-27-11-13-29-52(50)62(53-30-14-12-28-51(53)61)56-31-16-32-57-63(56)55-34-33-42(38-58(55)64-57)60-48-25-9-7-23-46(48)59(40-18-3-2-4-19-40)47-24-8-10-26-49(47)60/h5-7,9-16,20-23,25-40H,2-4,8,17-19,24H2,1H3. The summed E-state index contributed by atoms with van der Waals surface area (Å²) in [4.78, 5) is 0. The molecule has 10 aromatic rings. The maximum Gasteiger partial charge on any atom is 0.0361 e. The second kappa shape index (κ2) is 15.3. The lowest BCUT2D eigenvalue weighted by Crippen LogP contribution is -2.11. The van der Waals surface area contributed by atoms with Crippen molar-refractivity contribution in [3.63, 3.8) is 0 Å². The number of hydrogen-bond donors (Lipinski definition) is 0. The molecule has 0 saturated heterocycles. The smallest absolute Gasteiger partial charge is 0.0361 e. The van der Waals surface area contributed by atoms with Gasteiger partial charge in [0, 0.05) is 20.2 Å². The summed E-state index contributed by atoms with van der Waals surface area (Å²) in [6.45, 7) is 2.32. The van der Waals surface area contributed by atoms with E-state index in [4.69, 9.17) is 0 Å². The molecule has 1 unspecified atom stereocenters. The van der Waals surface area contributed by atoms with Gasteiger partial charge in [-0.1, -0.05) is 190 Å². The molecule has 9 aromatic carbocycles. The van der Waals surface area contributed by atoms with Gasteiger partial charge in [0.15, 0.2) is 0 Å². The zero-order chi connectivity index (χ0) is 42.3. The van der Waals surface area contributed by atoms with Crippen LogP contribution in [0.25, 0.3) is 108 Å². The van der Waals surface area contributed by atoms with Gasteiger partial charge >= 0.3 is 0 Å². The van der Waals surface area contributed by atoms with Gasteiger partial charge < -0.3 is 0 Å². The number of rotatable bonds is 5. The predicted molar refractivity (Wildman–Crippen MR) is 280 cm³/mol. The predicted octanol–water partition coefficient (Wildman–Crippen LogP) is 18.7. The monoisotopic (exact) mass is 838 g/mol. The maximum atomic E-state index is 2.52. The molecule has 0 N–H and O–H groups in total. The molecule has 0 nitrogen and oxygen atoms in total. The van der Waals surface area contributed by atoms with Crippen molar-refractivity contribution < 1.29 is 0 Å². The highest BCUT2D eigenvalue weighted by atomic mass is 32.1. The molecule has 0 bridgehead atoms. The van der Waals surface area contributed by atoms with Crippen LogP contribution in [0.4, 0.5) is 0 Å². The summed E-state index contributed by atoms with van der Waals surface area (Å²) in [6.07, 6.45) is 22.1. The number of thiophene rings is 1. The van der Waals surface area contributed by atoms with E-state index in [1.165, 1.54) is 145 Å². The molecule has 13 rings (SSSR count). The van der Waals surface area contributed by atoms with Gasteiger partial charge in [-0.3, -0.25) is 0 Å². The van der Waals surface area contributed by atoms with Crippen LogP contribution in [0.15, 0.2) is 170 Å². The third kappa shape index (κ3) is 5.94. The first-order chi connectivity index (χ1) is 31.7. The molecule has 0 amide bonds. The lowest BCUT2D eigenvalue weighted by atomic mass is 9.74. The molecule has 1 fully saturated rings. The van der Waals surface area contributed by atoms with E-state index in [0.717, 1.165) is 19.3 Å².